The van der Waals surface area contributed by atoms with Crippen molar-refractivity contribution in [1.29, 1.82) is 0 Å². The maximum Gasteiger partial charge on any atom is 0.0547 e. The summed E-state index contributed by atoms with van der Waals surface area (Å²) >= 11 is 0. The number of hydrogen-bond donors (Lipinski definition) is 0. The van der Waals surface area contributed by atoms with Crippen LogP contribution in [0.15, 0.2) is 0 Å². The molecule has 0 aliphatic carbocycles. The summed E-state index contributed by atoms with van der Waals surface area (Å²) in [5.41, 5.74) is 0. The van der Waals surface area contributed by atoms with E-state index in [1.54, 1.807) is 0 Å². The van der Waals surface area contributed by atoms with Crippen molar-refractivity contribution in [3.05, 3.63) is 0 Å². The minimum atomic E-state index is 0.521. The number of ether oxygens (including phenoxy) is 1. The zero-order valence-corrected chi connectivity index (χ0v) is 6.39. The highest BCUT2D eigenvalue weighted by Gasteiger charge is 2.15. The van der Waals surface area contributed by atoms with Gasteiger partial charge in [0, 0.05) is 6.61 Å². The first-order chi connectivity index (χ1) is 4.33. The van der Waals surface area contributed by atoms with Gasteiger partial charge in [0.15, 0.2) is 0 Å². The van der Waals surface area contributed by atoms with E-state index in [0.29, 0.717) is 6.10 Å². The van der Waals surface area contributed by atoms with Crippen molar-refractivity contribution >= 4 is 0 Å². The molecule has 1 heterocycles. The van der Waals surface area contributed by atoms with Crippen LogP contribution in [0.4, 0.5) is 0 Å². The van der Waals surface area contributed by atoms with E-state index < -0.39 is 0 Å². The maximum absolute atomic E-state index is 5.48. The minimum absolute atomic E-state index is 0.521. The zero-order chi connectivity index (χ0) is 6.69. The quantitative estimate of drug-likeness (QED) is 0.526. The Bertz CT molecular complexity index is 72.6. The summed E-state index contributed by atoms with van der Waals surface area (Å²) in [7, 11) is 0. The van der Waals surface area contributed by atoms with Crippen LogP contribution in [0.25, 0.3) is 0 Å². The lowest BCUT2D eigenvalue weighted by molar-refractivity contribution is -0.00573. The molecule has 0 saturated carbocycles. The third-order valence-electron chi connectivity index (χ3n) is 2.18. The van der Waals surface area contributed by atoms with Crippen molar-refractivity contribution in [1.82, 2.24) is 0 Å². The van der Waals surface area contributed by atoms with Gasteiger partial charge in [0.05, 0.1) is 6.10 Å². The van der Waals surface area contributed by atoms with E-state index in [-0.39, 0.29) is 0 Å². The average molecular weight is 128 g/mol. The molecule has 0 aromatic carbocycles. The van der Waals surface area contributed by atoms with Crippen molar-refractivity contribution in [2.45, 2.75) is 39.2 Å². The summed E-state index contributed by atoms with van der Waals surface area (Å²) in [5, 5.41) is 0. The van der Waals surface area contributed by atoms with Gasteiger partial charge in [-0.2, -0.15) is 0 Å². The zero-order valence-electron chi connectivity index (χ0n) is 6.39. The molecule has 1 aliphatic rings. The summed E-state index contributed by atoms with van der Waals surface area (Å²) < 4.78 is 5.48. The Morgan fingerprint density at radius 1 is 1.44 bits per heavy atom. The van der Waals surface area contributed by atoms with Crippen LogP contribution < -0.4 is 0 Å². The molecule has 1 nitrogen and oxygen atoms in total. The van der Waals surface area contributed by atoms with E-state index in [2.05, 4.69) is 13.8 Å². The molecule has 1 saturated heterocycles. The number of hydrogen-bond acceptors (Lipinski definition) is 1. The fourth-order valence-electron chi connectivity index (χ4n) is 1.26. The van der Waals surface area contributed by atoms with E-state index >= 15 is 0 Å². The van der Waals surface area contributed by atoms with Crippen molar-refractivity contribution in [2.75, 3.05) is 6.61 Å². The molecule has 0 spiro atoms. The SMILES string of the molecule is CC[C@H]1CC[C@@H](C)OC1. The Morgan fingerprint density at radius 2 is 2.22 bits per heavy atom. The van der Waals surface area contributed by atoms with Gasteiger partial charge in [0.2, 0.25) is 0 Å². The van der Waals surface area contributed by atoms with E-state index in [1.165, 1.54) is 19.3 Å². The molecule has 1 aliphatic heterocycles. The monoisotopic (exact) mass is 128 g/mol. The second-order valence-electron chi connectivity index (χ2n) is 3.00. The Hall–Kier alpha value is -0.0400. The fraction of sp³-hybridized carbons (Fsp3) is 1.00. The second-order valence-corrected chi connectivity index (χ2v) is 3.00. The van der Waals surface area contributed by atoms with Gasteiger partial charge in [0.25, 0.3) is 0 Å². The molecule has 0 bridgehead atoms. The van der Waals surface area contributed by atoms with Crippen LogP contribution in [-0.2, 0) is 4.74 Å². The molecule has 1 heteroatoms. The van der Waals surface area contributed by atoms with Crippen molar-refractivity contribution in [3.63, 3.8) is 0 Å². The lowest BCUT2D eigenvalue weighted by Gasteiger charge is -2.25. The molecule has 0 aromatic rings. The average Bonchev–Trinajstić information content (AvgIpc) is 1.90. The van der Waals surface area contributed by atoms with Crippen LogP contribution >= 0.6 is 0 Å². The molecule has 1 fully saturated rings. The molecular weight excluding hydrogens is 112 g/mol. The highest BCUT2D eigenvalue weighted by atomic mass is 16.5. The van der Waals surface area contributed by atoms with Crippen LogP contribution in [0.5, 0.6) is 0 Å². The van der Waals surface area contributed by atoms with Crippen molar-refractivity contribution in [2.24, 2.45) is 5.92 Å². The van der Waals surface area contributed by atoms with Crippen LogP contribution in [0.2, 0.25) is 0 Å². The lowest BCUT2D eigenvalue weighted by Crippen LogP contribution is -2.22. The van der Waals surface area contributed by atoms with Crippen molar-refractivity contribution in [3.8, 4) is 0 Å². The van der Waals surface area contributed by atoms with E-state index in [9.17, 15) is 0 Å². The Labute approximate surface area is 57.4 Å². The van der Waals surface area contributed by atoms with Crippen LogP contribution in [0.3, 0.4) is 0 Å². The molecular formula is C8H16O. The topological polar surface area (TPSA) is 9.23 Å². The minimum Gasteiger partial charge on any atom is -0.378 e. The summed E-state index contributed by atoms with van der Waals surface area (Å²) in [5.74, 6) is 0.848. The lowest BCUT2D eigenvalue weighted by atomic mass is 9.97. The van der Waals surface area contributed by atoms with Gasteiger partial charge in [-0.15, -0.1) is 0 Å². The first-order valence-electron chi connectivity index (χ1n) is 3.94. The standard InChI is InChI=1S/C8H16O/c1-3-8-5-4-7(2)9-6-8/h7-8H,3-6H2,1-2H3/t7-,8+/m1/s1. The predicted molar refractivity (Wildman–Crippen MR) is 38.4 cm³/mol. The molecule has 2 atom stereocenters. The summed E-state index contributed by atoms with van der Waals surface area (Å²) in [6.07, 6.45) is 4.44. The first kappa shape index (κ1) is 7.07. The first-order valence-corrected chi connectivity index (χ1v) is 3.94. The van der Waals surface area contributed by atoms with Gasteiger partial charge in [-0.05, 0) is 25.7 Å². The van der Waals surface area contributed by atoms with E-state index in [1.807, 2.05) is 0 Å². The largest absolute Gasteiger partial charge is 0.378 e. The van der Waals surface area contributed by atoms with Gasteiger partial charge >= 0.3 is 0 Å². The Morgan fingerprint density at radius 3 is 2.67 bits per heavy atom. The molecule has 0 radical (unpaired) electrons. The predicted octanol–water partition coefficient (Wildman–Crippen LogP) is 2.21. The van der Waals surface area contributed by atoms with Crippen LogP contribution in [0.1, 0.15) is 33.1 Å². The fourth-order valence-corrected chi connectivity index (χ4v) is 1.26. The molecule has 9 heavy (non-hydrogen) atoms. The van der Waals surface area contributed by atoms with Crippen molar-refractivity contribution < 1.29 is 4.74 Å². The maximum atomic E-state index is 5.48. The molecule has 0 N–H and O–H groups in total. The van der Waals surface area contributed by atoms with Gasteiger partial charge in [-0.25, -0.2) is 0 Å². The smallest absolute Gasteiger partial charge is 0.0547 e. The third kappa shape index (κ3) is 1.98. The molecule has 0 amide bonds. The third-order valence-corrected chi connectivity index (χ3v) is 2.18. The Kier molecular flexibility index (Phi) is 2.52. The van der Waals surface area contributed by atoms with Gasteiger partial charge in [-0.3, -0.25) is 0 Å². The van der Waals surface area contributed by atoms with Crippen LogP contribution in [-0.4, -0.2) is 12.7 Å². The van der Waals surface area contributed by atoms with Gasteiger partial charge in [0.1, 0.15) is 0 Å². The normalized spacial score (nSPS) is 36.7. The van der Waals surface area contributed by atoms with E-state index in [4.69, 9.17) is 4.74 Å². The molecule has 54 valence electrons. The Balaban J connectivity index is 2.18. The summed E-state index contributed by atoms with van der Waals surface area (Å²) in [6, 6.07) is 0. The van der Waals surface area contributed by atoms with Crippen LogP contribution in [0, 0.1) is 5.92 Å². The number of rotatable bonds is 1. The van der Waals surface area contributed by atoms with Gasteiger partial charge in [-0.1, -0.05) is 13.3 Å². The van der Waals surface area contributed by atoms with Gasteiger partial charge < -0.3 is 4.74 Å². The van der Waals surface area contributed by atoms with E-state index in [0.717, 1.165) is 12.5 Å². The molecule has 1 rings (SSSR count). The summed E-state index contributed by atoms with van der Waals surface area (Å²) in [6.45, 7) is 5.40. The molecule has 0 aromatic heterocycles. The molecule has 0 unspecified atom stereocenters. The highest BCUT2D eigenvalue weighted by molar-refractivity contribution is 4.65. The summed E-state index contributed by atoms with van der Waals surface area (Å²) in [4.78, 5) is 0. The highest BCUT2D eigenvalue weighted by Crippen LogP contribution is 2.20. The second kappa shape index (κ2) is 3.21.